The van der Waals surface area contributed by atoms with Gasteiger partial charge in [-0.25, -0.2) is 0 Å². The standard InChI is InChI=1S/C26H35NO/c1-26(17-8-18-27(20-26)19-22-9-4-2-5-10-22)21-28-25-15-13-24(14-16-25)23-11-6-3-7-12-23/h2-7,9-12,24-25H,8,13-21H2,1H3/t24?,25?,26-/m0/s1. The molecule has 0 bridgehead atoms. The van der Waals surface area contributed by atoms with Crippen molar-refractivity contribution in [3.63, 3.8) is 0 Å². The fraction of sp³-hybridized carbons (Fsp3) is 0.538. The van der Waals surface area contributed by atoms with Gasteiger partial charge in [-0.2, -0.15) is 0 Å². The van der Waals surface area contributed by atoms with Gasteiger partial charge in [-0.15, -0.1) is 0 Å². The molecule has 0 radical (unpaired) electrons. The Morgan fingerprint density at radius 3 is 2.32 bits per heavy atom. The first kappa shape index (κ1) is 19.7. The second-order valence-corrected chi connectivity index (χ2v) is 9.31. The lowest BCUT2D eigenvalue weighted by molar-refractivity contribution is -0.0479. The maximum absolute atomic E-state index is 6.48. The highest BCUT2D eigenvalue weighted by atomic mass is 16.5. The number of likely N-dealkylation sites (tertiary alicyclic amines) is 1. The van der Waals surface area contributed by atoms with E-state index < -0.39 is 0 Å². The third-order valence-electron chi connectivity index (χ3n) is 6.72. The normalized spacial score (nSPS) is 28.9. The Hall–Kier alpha value is -1.64. The molecule has 150 valence electrons. The van der Waals surface area contributed by atoms with Crippen LogP contribution in [0.25, 0.3) is 0 Å². The first-order valence-corrected chi connectivity index (χ1v) is 11.1. The lowest BCUT2D eigenvalue weighted by Crippen LogP contribution is -2.44. The Kier molecular flexibility index (Phi) is 6.49. The molecule has 1 saturated carbocycles. The average molecular weight is 378 g/mol. The zero-order chi connectivity index (χ0) is 19.2. The van der Waals surface area contributed by atoms with E-state index in [1.807, 2.05) is 0 Å². The highest BCUT2D eigenvalue weighted by Crippen LogP contribution is 2.36. The van der Waals surface area contributed by atoms with Gasteiger partial charge in [-0.3, -0.25) is 4.90 Å². The monoisotopic (exact) mass is 377 g/mol. The number of hydrogen-bond donors (Lipinski definition) is 0. The van der Waals surface area contributed by atoms with E-state index in [1.165, 1.54) is 56.2 Å². The van der Waals surface area contributed by atoms with Crippen LogP contribution >= 0.6 is 0 Å². The topological polar surface area (TPSA) is 12.5 Å². The molecule has 1 heterocycles. The van der Waals surface area contributed by atoms with Crippen LogP contribution in [0.4, 0.5) is 0 Å². The molecule has 0 unspecified atom stereocenters. The number of benzene rings is 2. The lowest BCUT2D eigenvalue weighted by atomic mass is 9.81. The van der Waals surface area contributed by atoms with Crippen molar-refractivity contribution in [3.05, 3.63) is 71.8 Å². The van der Waals surface area contributed by atoms with Gasteiger partial charge in [-0.05, 0) is 62.1 Å². The number of piperidine rings is 1. The zero-order valence-electron chi connectivity index (χ0n) is 17.4. The van der Waals surface area contributed by atoms with Crippen LogP contribution in [-0.4, -0.2) is 30.7 Å². The minimum atomic E-state index is 0.295. The van der Waals surface area contributed by atoms with Crippen molar-refractivity contribution >= 4 is 0 Å². The number of nitrogens with zero attached hydrogens (tertiary/aromatic N) is 1. The molecule has 0 spiro atoms. The Morgan fingerprint density at radius 1 is 0.929 bits per heavy atom. The fourth-order valence-electron chi connectivity index (χ4n) is 5.13. The molecule has 0 N–H and O–H groups in total. The summed E-state index contributed by atoms with van der Waals surface area (Å²) in [5.41, 5.74) is 3.23. The summed E-state index contributed by atoms with van der Waals surface area (Å²) in [4.78, 5) is 2.62. The molecule has 28 heavy (non-hydrogen) atoms. The Morgan fingerprint density at radius 2 is 1.61 bits per heavy atom. The van der Waals surface area contributed by atoms with Gasteiger partial charge in [0.15, 0.2) is 0 Å². The van der Waals surface area contributed by atoms with Gasteiger partial charge in [0, 0.05) is 18.5 Å². The summed E-state index contributed by atoms with van der Waals surface area (Å²) in [6.45, 7) is 6.78. The van der Waals surface area contributed by atoms with Crippen molar-refractivity contribution < 1.29 is 4.74 Å². The summed E-state index contributed by atoms with van der Waals surface area (Å²) in [6.07, 6.45) is 8.00. The molecule has 0 aromatic heterocycles. The largest absolute Gasteiger partial charge is 0.378 e. The van der Waals surface area contributed by atoms with Crippen molar-refractivity contribution in [2.24, 2.45) is 5.41 Å². The molecule has 1 aliphatic heterocycles. The maximum atomic E-state index is 6.48. The smallest absolute Gasteiger partial charge is 0.0575 e. The van der Waals surface area contributed by atoms with E-state index in [0.717, 1.165) is 25.6 Å². The van der Waals surface area contributed by atoms with Crippen LogP contribution in [0.5, 0.6) is 0 Å². The van der Waals surface area contributed by atoms with Crippen LogP contribution in [-0.2, 0) is 11.3 Å². The Labute approximate surface area is 170 Å². The highest BCUT2D eigenvalue weighted by molar-refractivity contribution is 5.20. The molecule has 4 rings (SSSR count). The molecular weight excluding hydrogens is 342 g/mol. The van der Waals surface area contributed by atoms with Crippen molar-refractivity contribution in [3.8, 4) is 0 Å². The highest BCUT2D eigenvalue weighted by Gasteiger charge is 2.33. The van der Waals surface area contributed by atoms with Gasteiger partial charge < -0.3 is 4.74 Å². The minimum Gasteiger partial charge on any atom is -0.378 e. The quantitative estimate of drug-likeness (QED) is 0.609. The van der Waals surface area contributed by atoms with E-state index in [2.05, 4.69) is 72.5 Å². The van der Waals surface area contributed by atoms with Crippen LogP contribution < -0.4 is 0 Å². The van der Waals surface area contributed by atoms with Gasteiger partial charge in [0.1, 0.15) is 0 Å². The van der Waals surface area contributed by atoms with E-state index in [0.29, 0.717) is 11.5 Å². The van der Waals surface area contributed by atoms with E-state index >= 15 is 0 Å². The molecule has 2 aromatic carbocycles. The number of ether oxygens (including phenoxy) is 1. The van der Waals surface area contributed by atoms with Crippen molar-refractivity contribution in [1.82, 2.24) is 4.90 Å². The predicted molar refractivity (Wildman–Crippen MR) is 116 cm³/mol. The van der Waals surface area contributed by atoms with Gasteiger partial charge in [0.05, 0.1) is 12.7 Å². The summed E-state index contributed by atoms with van der Waals surface area (Å²) in [6, 6.07) is 21.9. The molecule has 2 fully saturated rings. The third-order valence-corrected chi connectivity index (χ3v) is 6.72. The molecule has 2 nitrogen and oxygen atoms in total. The summed E-state index contributed by atoms with van der Waals surface area (Å²) in [5.74, 6) is 0.729. The number of hydrogen-bond acceptors (Lipinski definition) is 2. The van der Waals surface area contributed by atoms with Crippen molar-refractivity contribution in [1.29, 1.82) is 0 Å². The summed E-state index contributed by atoms with van der Waals surface area (Å²) >= 11 is 0. The van der Waals surface area contributed by atoms with Crippen LogP contribution in [0.15, 0.2) is 60.7 Å². The molecule has 2 aliphatic rings. The molecule has 1 atom stereocenters. The van der Waals surface area contributed by atoms with Crippen LogP contribution in [0.2, 0.25) is 0 Å². The first-order valence-electron chi connectivity index (χ1n) is 11.1. The SMILES string of the molecule is C[C@]1(COC2CCC(c3ccccc3)CC2)CCCN(Cc2ccccc2)C1. The first-order chi connectivity index (χ1) is 13.7. The average Bonchev–Trinajstić information content (AvgIpc) is 2.74. The lowest BCUT2D eigenvalue weighted by Gasteiger charge is -2.41. The van der Waals surface area contributed by atoms with Crippen molar-refractivity contribution in [2.75, 3.05) is 19.7 Å². The molecule has 2 aromatic rings. The maximum Gasteiger partial charge on any atom is 0.0575 e. The van der Waals surface area contributed by atoms with Crippen molar-refractivity contribution in [2.45, 2.75) is 64.0 Å². The predicted octanol–water partition coefficient (Wildman–Crippen LogP) is 6.03. The minimum absolute atomic E-state index is 0.295. The summed E-state index contributed by atoms with van der Waals surface area (Å²) in [7, 11) is 0. The van der Waals surface area contributed by atoms with Gasteiger partial charge in [0.25, 0.3) is 0 Å². The second-order valence-electron chi connectivity index (χ2n) is 9.31. The molecule has 1 aliphatic carbocycles. The molecular formula is C26H35NO. The molecule has 0 amide bonds. The van der Waals surface area contributed by atoms with Crippen LogP contribution in [0.1, 0.15) is 62.5 Å². The number of rotatable bonds is 6. The zero-order valence-corrected chi connectivity index (χ0v) is 17.4. The van der Waals surface area contributed by atoms with Gasteiger partial charge >= 0.3 is 0 Å². The Balaban J connectivity index is 1.24. The molecule has 1 saturated heterocycles. The van der Waals surface area contributed by atoms with E-state index in [4.69, 9.17) is 4.74 Å². The third kappa shape index (κ3) is 5.24. The summed E-state index contributed by atoms with van der Waals surface area (Å²) in [5, 5.41) is 0. The summed E-state index contributed by atoms with van der Waals surface area (Å²) < 4.78 is 6.48. The van der Waals surface area contributed by atoms with E-state index in [9.17, 15) is 0 Å². The van der Waals surface area contributed by atoms with Gasteiger partial charge in [0.2, 0.25) is 0 Å². The van der Waals surface area contributed by atoms with Crippen LogP contribution in [0.3, 0.4) is 0 Å². The van der Waals surface area contributed by atoms with Crippen LogP contribution in [0, 0.1) is 5.41 Å². The Bertz CT molecular complexity index is 708. The second kappa shape index (κ2) is 9.24. The van der Waals surface area contributed by atoms with Gasteiger partial charge in [-0.1, -0.05) is 67.6 Å². The molecule has 2 heteroatoms. The van der Waals surface area contributed by atoms with E-state index in [-0.39, 0.29) is 0 Å². The fourth-order valence-corrected chi connectivity index (χ4v) is 5.13. The van der Waals surface area contributed by atoms with E-state index in [1.54, 1.807) is 0 Å².